The number of anilines is 1. The molecule has 0 aromatic heterocycles. The van der Waals surface area contributed by atoms with Gasteiger partial charge in [-0.2, -0.15) is 0 Å². The van der Waals surface area contributed by atoms with Crippen molar-refractivity contribution in [2.45, 2.75) is 19.4 Å². The van der Waals surface area contributed by atoms with E-state index in [1.54, 1.807) is 18.2 Å². The second-order valence-electron chi connectivity index (χ2n) is 5.23. The van der Waals surface area contributed by atoms with E-state index in [4.69, 9.17) is 9.47 Å². The van der Waals surface area contributed by atoms with Gasteiger partial charge >= 0.3 is 0 Å². The molecular formula is C15H22N2O6S. The fourth-order valence-corrected chi connectivity index (χ4v) is 2.64. The van der Waals surface area contributed by atoms with Crippen molar-refractivity contribution >= 4 is 27.3 Å². The highest BCUT2D eigenvalue weighted by Crippen LogP contribution is 2.29. The lowest BCUT2D eigenvalue weighted by atomic mass is 10.2. The normalized spacial score (nSPS) is 12.2. The van der Waals surface area contributed by atoms with Gasteiger partial charge < -0.3 is 20.1 Å². The van der Waals surface area contributed by atoms with E-state index in [2.05, 4.69) is 10.6 Å². The summed E-state index contributed by atoms with van der Waals surface area (Å²) in [6.07, 6.45) is 1.04. The van der Waals surface area contributed by atoms with Crippen molar-refractivity contribution < 1.29 is 27.5 Å². The van der Waals surface area contributed by atoms with Crippen molar-refractivity contribution in [1.29, 1.82) is 0 Å². The largest absolute Gasteiger partial charge is 0.497 e. The number of amides is 2. The highest BCUT2D eigenvalue weighted by atomic mass is 32.2. The number of carbonyl (C=O) groups excluding carboxylic acids is 2. The Labute approximate surface area is 141 Å². The number of sulfone groups is 1. The molecule has 1 aromatic carbocycles. The molecule has 1 aromatic rings. The second-order valence-corrected chi connectivity index (χ2v) is 7.49. The van der Waals surface area contributed by atoms with Crippen molar-refractivity contribution in [2.75, 3.05) is 31.5 Å². The van der Waals surface area contributed by atoms with Crippen molar-refractivity contribution in [3.8, 4) is 11.5 Å². The molecule has 1 atom stereocenters. The van der Waals surface area contributed by atoms with Crippen molar-refractivity contribution in [1.82, 2.24) is 5.32 Å². The number of rotatable bonds is 8. The molecule has 8 nitrogen and oxygen atoms in total. The van der Waals surface area contributed by atoms with Crippen LogP contribution in [0.25, 0.3) is 0 Å². The van der Waals surface area contributed by atoms with Crippen LogP contribution in [-0.4, -0.2) is 52.5 Å². The van der Waals surface area contributed by atoms with Gasteiger partial charge in [-0.1, -0.05) is 0 Å². The van der Waals surface area contributed by atoms with Gasteiger partial charge in [0.1, 0.15) is 27.4 Å². The average Bonchev–Trinajstić information content (AvgIpc) is 2.49. The van der Waals surface area contributed by atoms with E-state index in [0.29, 0.717) is 17.2 Å². The molecule has 24 heavy (non-hydrogen) atoms. The molecule has 0 unspecified atom stereocenters. The Balaban J connectivity index is 2.96. The van der Waals surface area contributed by atoms with Crippen LogP contribution in [0.2, 0.25) is 0 Å². The van der Waals surface area contributed by atoms with Crippen LogP contribution in [0.3, 0.4) is 0 Å². The minimum absolute atomic E-state index is 0.0312. The predicted molar refractivity (Wildman–Crippen MR) is 90.1 cm³/mol. The van der Waals surface area contributed by atoms with Gasteiger partial charge in [-0.05, 0) is 18.6 Å². The highest BCUT2D eigenvalue weighted by molar-refractivity contribution is 7.90. The Bertz CT molecular complexity index is 702. The molecule has 9 heteroatoms. The first-order valence-corrected chi connectivity index (χ1v) is 9.20. The smallest absolute Gasteiger partial charge is 0.247 e. The highest BCUT2D eigenvalue weighted by Gasteiger charge is 2.22. The van der Waals surface area contributed by atoms with Crippen LogP contribution in [-0.2, 0) is 19.4 Å². The van der Waals surface area contributed by atoms with E-state index in [1.807, 2.05) is 0 Å². The molecule has 1 rings (SSSR count). The van der Waals surface area contributed by atoms with Crippen molar-refractivity contribution in [3.05, 3.63) is 18.2 Å². The lowest BCUT2D eigenvalue weighted by Crippen LogP contribution is -2.44. The first-order valence-electron chi connectivity index (χ1n) is 7.14. The van der Waals surface area contributed by atoms with Gasteiger partial charge in [-0.25, -0.2) is 8.42 Å². The molecule has 0 aliphatic rings. The van der Waals surface area contributed by atoms with Crippen molar-refractivity contribution in [2.24, 2.45) is 0 Å². The summed E-state index contributed by atoms with van der Waals surface area (Å²) in [7, 11) is -0.324. The maximum absolute atomic E-state index is 12.4. The Morgan fingerprint density at radius 3 is 2.38 bits per heavy atom. The third-order valence-electron chi connectivity index (χ3n) is 3.14. The number of hydrogen-bond donors (Lipinski definition) is 2. The van der Waals surface area contributed by atoms with E-state index in [9.17, 15) is 18.0 Å². The first-order chi connectivity index (χ1) is 11.2. The third kappa shape index (κ3) is 6.45. The molecule has 0 aliphatic carbocycles. The van der Waals surface area contributed by atoms with Gasteiger partial charge in [0, 0.05) is 19.2 Å². The maximum atomic E-state index is 12.4. The van der Waals surface area contributed by atoms with E-state index in [-0.39, 0.29) is 12.2 Å². The number of benzene rings is 1. The quantitative estimate of drug-likeness (QED) is 0.703. The third-order valence-corrected chi connectivity index (χ3v) is 4.11. The van der Waals surface area contributed by atoms with Gasteiger partial charge in [-0.15, -0.1) is 0 Å². The molecule has 2 N–H and O–H groups in total. The van der Waals surface area contributed by atoms with Gasteiger partial charge in [0.05, 0.1) is 25.7 Å². The summed E-state index contributed by atoms with van der Waals surface area (Å²) in [6, 6.07) is 3.88. The zero-order valence-corrected chi connectivity index (χ0v) is 14.9. The van der Waals surface area contributed by atoms with E-state index in [0.717, 1.165) is 6.26 Å². The Hall–Kier alpha value is -2.29. The van der Waals surface area contributed by atoms with Gasteiger partial charge in [0.25, 0.3) is 0 Å². The predicted octanol–water partition coefficient (Wildman–Crippen LogP) is 0.582. The minimum atomic E-state index is -3.26. The summed E-state index contributed by atoms with van der Waals surface area (Å²) in [5, 5.41) is 5.08. The van der Waals surface area contributed by atoms with Crippen LogP contribution >= 0.6 is 0 Å². The molecular weight excluding hydrogens is 336 g/mol. The fourth-order valence-electron chi connectivity index (χ4n) is 1.98. The molecule has 2 amide bonds. The molecule has 0 heterocycles. The topological polar surface area (TPSA) is 111 Å². The molecule has 0 spiro atoms. The van der Waals surface area contributed by atoms with Gasteiger partial charge in [0.2, 0.25) is 11.8 Å². The van der Waals surface area contributed by atoms with Crippen LogP contribution in [0.5, 0.6) is 11.5 Å². The van der Waals surface area contributed by atoms with E-state index in [1.165, 1.54) is 21.1 Å². The van der Waals surface area contributed by atoms with Gasteiger partial charge in [0.15, 0.2) is 0 Å². The molecule has 0 radical (unpaired) electrons. The summed E-state index contributed by atoms with van der Waals surface area (Å²) in [6.45, 7) is 1.26. The zero-order chi connectivity index (χ0) is 18.3. The molecule has 0 saturated carbocycles. The van der Waals surface area contributed by atoms with E-state index >= 15 is 0 Å². The molecule has 0 bridgehead atoms. The summed E-state index contributed by atoms with van der Waals surface area (Å²) in [5.41, 5.74) is 0.358. The van der Waals surface area contributed by atoms with Crippen LogP contribution in [0.1, 0.15) is 13.3 Å². The van der Waals surface area contributed by atoms with E-state index < -0.39 is 27.7 Å². The van der Waals surface area contributed by atoms with Crippen LogP contribution in [0.4, 0.5) is 5.69 Å². The van der Waals surface area contributed by atoms with Crippen LogP contribution in [0.15, 0.2) is 18.2 Å². The number of ether oxygens (including phenoxy) is 2. The summed E-state index contributed by atoms with van der Waals surface area (Å²) in [4.78, 5) is 23.7. The maximum Gasteiger partial charge on any atom is 0.247 e. The molecule has 134 valence electrons. The fraction of sp³-hybridized carbons (Fsp3) is 0.467. The number of nitrogens with one attached hydrogen (secondary N) is 2. The number of carbonyl (C=O) groups is 2. The Morgan fingerprint density at radius 1 is 1.21 bits per heavy atom. The van der Waals surface area contributed by atoms with Gasteiger partial charge in [-0.3, -0.25) is 9.59 Å². The summed E-state index contributed by atoms with van der Waals surface area (Å²) >= 11 is 0. The Kier molecular flexibility index (Phi) is 7.02. The summed E-state index contributed by atoms with van der Waals surface area (Å²) < 4.78 is 32.9. The number of methoxy groups -OCH3 is 2. The first kappa shape index (κ1) is 19.8. The summed E-state index contributed by atoms with van der Waals surface area (Å²) in [5.74, 6) is -0.269. The minimum Gasteiger partial charge on any atom is -0.497 e. The second kappa shape index (κ2) is 8.53. The number of hydrogen-bond acceptors (Lipinski definition) is 6. The molecule has 0 aliphatic heterocycles. The zero-order valence-electron chi connectivity index (χ0n) is 14.1. The SMILES string of the molecule is COc1ccc(OC)c(NC(=O)[C@H](CCS(C)(=O)=O)NC(C)=O)c1. The Morgan fingerprint density at radius 2 is 1.88 bits per heavy atom. The van der Waals surface area contributed by atoms with Crippen LogP contribution in [0, 0.1) is 0 Å². The molecule has 0 saturated heterocycles. The lowest BCUT2D eigenvalue weighted by Gasteiger charge is -2.18. The monoisotopic (exact) mass is 358 g/mol. The lowest BCUT2D eigenvalue weighted by molar-refractivity contribution is -0.125. The van der Waals surface area contributed by atoms with Crippen molar-refractivity contribution in [3.63, 3.8) is 0 Å². The standard InChI is InChI=1S/C15H22N2O6S/c1-10(18)16-12(7-8-24(4,20)21)15(19)17-13-9-11(22-2)5-6-14(13)23-3/h5-6,9,12H,7-8H2,1-4H3,(H,16,18)(H,17,19)/t12-/m0/s1. The molecule has 0 fully saturated rings. The average molecular weight is 358 g/mol. The van der Waals surface area contributed by atoms with Crippen LogP contribution < -0.4 is 20.1 Å².